The van der Waals surface area contributed by atoms with Crippen LogP contribution in [-0.4, -0.2) is 14.3 Å². The van der Waals surface area contributed by atoms with Crippen molar-refractivity contribution >= 4 is 38.9 Å². The van der Waals surface area contributed by atoms with E-state index in [2.05, 4.69) is 10.0 Å². The third-order valence-corrected chi connectivity index (χ3v) is 5.35. The van der Waals surface area contributed by atoms with Crippen molar-refractivity contribution in [3.05, 3.63) is 89.2 Å². The molecule has 0 atom stereocenters. The molecule has 1 amide bonds. The van der Waals surface area contributed by atoms with E-state index in [-0.39, 0.29) is 26.9 Å². The smallest absolute Gasteiger partial charge is 0.261 e. The zero-order chi connectivity index (χ0) is 19.4. The van der Waals surface area contributed by atoms with Gasteiger partial charge in [-0.25, -0.2) is 12.8 Å². The molecule has 8 heteroatoms. The lowest BCUT2D eigenvalue weighted by Crippen LogP contribution is -2.15. The summed E-state index contributed by atoms with van der Waals surface area (Å²) in [6.07, 6.45) is 0. The highest BCUT2D eigenvalue weighted by Gasteiger charge is 2.16. The summed E-state index contributed by atoms with van der Waals surface area (Å²) < 4.78 is 40.7. The van der Waals surface area contributed by atoms with Gasteiger partial charge in [0, 0.05) is 0 Å². The quantitative estimate of drug-likeness (QED) is 0.655. The molecule has 3 rings (SSSR count). The number of carbonyl (C=O) groups is 1. The normalized spacial score (nSPS) is 11.0. The molecule has 0 aliphatic rings. The number of amides is 1. The maximum absolute atomic E-state index is 13.7. The van der Waals surface area contributed by atoms with Crippen molar-refractivity contribution in [2.24, 2.45) is 0 Å². The summed E-state index contributed by atoms with van der Waals surface area (Å²) in [6, 6.07) is 17.7. The molecule has 138 valence electrons. The van der Waals surface area contributed by atoms with Crippen LogP contribution >= 0.6 is 11.6 Å². The molecule has 0 unspecified atom stereocenters. The van der Waals surface area contributed by atoms with Crippen molar-refractivity contribution in [3.8, 4) is 0 Å². The molecule has 0 aromatic heterocycles. The van der Waals surface area contributed by atoms with Crippen molar-refractivity contribution in [1.29, 1.82) is 0 Å². The van der Waals surface area contributed by atoms with Crippen molar-refractivity contribution < 1.29 is 17.6 Å². The fourth-order valence-electron chi connectivity index (χ4n) is 2.33. The summed E-state index contributed by atoms with van der Waals surface area (Å²) in [7, 11) is -3.78. The number of halogens is 2. The second-order valence-electron chi connectivity index (χ2n) is 5.55. The van der Waals surface area contributed by atoms with Crippen LogP contribution in [0.2, 0.25) is 5.02 Å². The summed E-state index contributed by atoms with van der Waals surface area (Å²) >= 11 is 6.12. The van der Waals surface area contributed by atoms with Crippen LogP contribution in [0, 0.1) is 5.82 Å². The van der Waals surface area contributed by atoms with Gasteiger partial charge in [0.1, 0.15) is 5.82 Å². The third-order valence-electron chi connectivity index (χ3n) is 3.64. The molecular formula is C19H14ClFN2O3S. The highest BCUT2D eigenvalue weighted by Crippen LogP contribution is 2.24. The lowest BCUT2D eigenvalue weighted by atomic mass is 10.2. The van der Waals surface area contributed by atoms with Crippen LogP contribution in [0.3, 0.4) is 0 Å². The SMILES string of the molecule is O=C(Nc1ccccc1F)c1ccc(NS(=O)(=O)c2ccccc2)cc1Cl. The molecule has 3 aromatic carbocycles. The first kappa shape index (κ1) is 18.9. The Bertz CT molecular complexity index is 1090. The van der Waals surface area contributed by atoms with Crippen LogP contribution in [0.1, 0.15) is 10.4 Å². The Kier molecular flexibility index (Phi) is 5.43. The highest BCUT2D eigenvalue weighted by atomic mass is 35.5. The van der Waals surface area contributed by atoms with Gasteiger partial charge in [-0.15, -0.1) is 0 Å². The van der Waals surface area contributed by atoms with E-state index in [0.29, 0.717) is 0 Å². The highest BCUT2D eigenvalue weighted by molar-refractivity contribution is 7.92. The predicted octanol–water partition coefficient (Wildman–Crippen LogP) is 4.53. The van der Waals surface area contributed by atoms with Gasteiger partial charge in [0.05, 0.1) is 26.9 Å². The van der Waals surface area contributed by atoms with Gasteiger partial charge in [-0.1, -0.05) is 41.9 Å². The Hall–Kier alpha value is -2.90. The lowest BCUT2D eigenvalue weighted by Gasteiger charge is -2.11. The van der Waals surface area contributed by atoms with Gasteiger partial charge >= 0.3 is 0 Å². The van der Waals surface area contributed by atoms with Gasteiger partial charge in [-0.3, -0.25) is 9.52 Å². The van der Waals surface area contributed by atoms with Crippen LogP contribution in [-0.2, 0) is 10.0 Å². The first-order chi connectivity index (χ1) is 12.9. The zero-order valence-electron chi connectivity index (χ0n) is 13.8. The van der Waals surface area contributed by atoms with Crippen LogP contribution in [0.25, 0.3) is 0 Å². The number of anilines is 2. The second kappa shape index (κ2) is 7.77. The van der Waals surface area contributed by atoms with E-state index in [4.69, 9.17) is 11.6 Å². The molecule has 0 fully saturated rings. The van der Waals surface area contributed by atoms with Crippen molar-refractivity contribution in [2.75, 3.05) is 10.0 Å². The molecule has 0 spiro atoms. The molecule has 3 aromatic rings. The minimum atomic E-state index is -3.78. The number of para-hydroxylation sites is 1. The van der Waals surface area contributed by atoms with Gasteiger partial charge in [-0.2, -0.15) is 0 Å². The summed E-state index contributed by atoms with van der Waals surface area (Å²) in [5, 5.41) is 2.45. The summed E-state index contributed by atoms with van der Waals surface area (Å²) in [5.74, 6) is -1.18. The molecule has 0 radical (unpaired) electrons. The predicted molar refractivity (Wildman–Crippen MR) is 103 cm³/mol. The van der Waals surface area contributed by atoms with Crippen LogP contribution < -0.4 is 10.0 Å². The Balaban J connectivity index is 1.80. The molecule has 27 heavy (non-hydrogen) atoms. The van der Waals surface area contributed by atoms with E-state index in [1.165, 1.54) is 48.5 Å². The van der Waals surface area contributed by atoms with E-state index < -0.39 is 21.7 Å². The van der Waals surface area contributed by atoms with Crippen LogP contribution in [0.5, 0.6) is 0 Å². The molecule has 0 aliphatic heterocycles. The molecule has 2 N–H and O–H groups in total. The number of carbonyl (C=O) groups excluding carboxylic acids is 1. The average molecular weight is 405 g/mol. The summed E-state index contributed by atoms with van der Waals surface area (Å²) in [5.41, 5.74) is 0.307. The molecule has 0 heterocycles. The fourth-order valence-corrected chi connectivity index (χ4v) is 3.67. The zero-order valence-corrected chi connectivity index (χ0v) is 15.4. The fraction of sp³-hybridized carbons (Fsp3) is 0. The minimum absolute atomic E-state index is 0.0208. The Morgan fingerprint density at radius 3 is 2.26 bits per heavy atom. The number of sulfonamides is 1. The van der Waals surface area contributed by atoms with E-state index in [0.717, 1.165) is 0 Å². The minimum Gasteiger partial charge on any atom is -0.319 e. The van der Waals surface area contributed by atoms with Gasteiger partial charge in [-0.05, 0) is 42.5 Å². The number of hydrogen-bond acceptors (Lipinski definition) is 3. The van der Waals surface area contributed by atoms with Gasteiger partial charge in [0.2, 0.25) is 0 Å². The van der Waals surface area contributed by atoms with E-state index in [9.17, 15) is 17.6 Å². The Morgan fingerprint density at radius 2 is 1.59 bits per heavy atom. The van der Waals surface area contributed by atoms with Crippen molar-refractivity contribution in [2.45, 2.75) is 4.90 Å². The van der Waals surface area contributed by atoms with Crippen LogP contribution in [0.15, 0.2) is 77.7 Å². The van der Waals surface area contributed by atoms with Crippen molar-refractivity contribution in [1.82, 2.24) is 0 Å². The Morgan fingerprint density at radius 1 is 0.926 bits per heavy atom. The van der Waals surface area contributed by atoms with Crippen LogP contribution in [0.4, 0.5) is 15.8 Å². The lowest BCUT2D eigenvalue weighted by molar-refractivity contribution is 0.102. The first-order valence-corrected chi connectivity index (χ1v) is 9.66. The van der Waals surface area contributed by atoms with Gasteiger partial charge < -0.3 is 5.32 Å². The first-order valence-electron chi connectivity index (χ1n) is 7.80. The third kappa shape index (κ3) is 4.45. The second-order valence-corrected chi connectivity index (χ2v) is 7.64. The number of hydrogen-bond donors (Lipinski definition) is 2. The number of benzene rings is 3. The summed E-state index contributed by atoms with van der Waals surface area (Å²) in [4.78, 5) is 12.4. The Labute approximate surface area is 160 Å². The summed E-state index contributed by atoms with van der Waals surface area (Å²) in [6.45, 7) is 0. The molecule has 0 aliphatic carbocycles. The number of nitrogens with one attached hydrogen (secondary N) is 2. The van der Waals surface area contributed by atoms with Crippen molar-refractivity contribution in [3.63, 3.8) is 0 Å². The number of rotatable bonds is 5. The molecule has 0 saturated carbocycles. The maximum Gasteiger partial charge on any atom is 0.261 e. The monoisotopic (exact) mass is 404 g/mol. The van der Waals surface area contributed by atoms with E-state index in [1.807, 2.05) is 0 Å². The van der Waals surface area contributed by atoms with E-state index in [1.54, 1.807) is 24.3 Å². The standard InChI is InChI=1S/C19H14ClFN2O3S/c20-16-12-13(23-27(25,26)14-6-2-1-3-7-14)10-11-15(16)19(24)22-18-9-5-4-8-17(18)21/h1-12,23H,(H,22,24). The van der Waals surface area contributed by atoms with E-state index >= 15 is 0 Å². The molecule has 0 bridgehead atoms. The topological polar surface area (TPSA) is 75.3 Å². The van der Waals surface area contributed by atoms with Gasteiger partial charge in [0.15, 0.2) is 0 Å². The average Bonchev–Trinajstić information content (AvgIpc) is 2.64. The largest absolute Gasteiger partial charge is 0.319 e. The maximum atomic E-state index is 13.7. The van der Waals surface area contributed by atoms with Gasteiger partial charge in [0.25, 0.3) is 15.9 Å². The molecular weight excluding hydrogens is 391 g/mol. The molecule has 0 saturated heterocycles. The molecule has 5 nitrogen and oxygen atoms in total.